The summed E-state index contributed by atoms with van der Waals surface area (Å²) >= 11 is 0. The van der Waals surface area contributed by atoms with Crippen LogP contribution in [0.5, 0.6) is 0 Å². The Morgan fingerprint density at radius 2 is 0.938 bits per heavy atom. The number of carbonyl (C=O) groups excluding carboxylic acids is 2. The molecule has 0 fully saturated rings. The Morgan fingerprint density at radius 3 is 1.25 bits per heavy atom. The van der Waals surface area contributed by atoms with Crippen LogP contribution in [0.25, 0.3) is 0 Å². The fourth-order valence-electron chi connectivity index (χ4n) is 4.01. The summed E-state index contributed by atoms with van der Waals surface area (Å²) in [4.78, 5) is 22.8. The Bertz CT molecular complexity index is 428. The van der Waals surface area contributed by atoms with Crippen LogP contribution < -0.4 is 5.73 Å². The molecule has 0 unspecified atom stereocenters. The highest BCUT2D eigenvalue weighted by Crippen LogP contribution is 2.15. The second kappa shape index (κ2) is 24.7. The lowest BCUT2D eigenvalue weighted by atomic mass is 10.0. The molecule has 0 aromatic heterocycles. The molecule has 5 heteroatoms. The summed E-state index contributed by atoms with van der Waals surface area (Å²) in [6, 6.07) is -1.13. The Kier molecular flexibility index (Phi) is 24.0. The summed E-state index contributed by atoms with van der Waals surface area (Å²) in [5.74, 6) is -1.39. The molecule has 0 rings (SSSR count). The fourth-order valence-corrected chi connectivity index (χ4v) is 4.01. The normalized spacial score (nSPS) is 12.1. The van der Waals surface area contributed by atoms with Gasteiger partial charge in [0.25, 0.3) is 0 Å². The van der Waals surface area contributed by atoms with E-state index in [9.17, 15) is 9.59 Å². The van der Waals surface area contributed by atoms with E-state index in [-0.39, 0.29) is 6.42 Å². The monoisotopic (exact) mass is 455 g/mol. The van der Waals surface area contributed by atoms with Crippen LogP contribution in [0, 0.1) is 0 Å². The molecule has 0 saturated heterocycles. The summed E-state index contributed by atoms with van der Waals surface area (Å²) in [6.07, 6.45) is 28.0. The van der Waals surface area contributed by atoms with Gasteiger partial charge in [-0.05, 0) is 6.42 Å². The van der Waals surface area contributed by atoms with Crippen LogP contribution in [0.15, 0.2) is 0 Å². The molecule has 0 heterocycles. The molecular formula is C27H53NO4. The molecule has 1 atom stereocenters. The van der Waals surface area contributed by atoms with Crippen molar-refractivity contribution in [3.05, 3.63) is 0 Å². The van der Waals surface area contributed by atoms with Crippen LogP contribution in [-0.4, -0.2) is 29.7 Å². The standard InChI is InChI=1S/C27H53NO4/c1-2-3-4-5-6-7-8-9-10-11-12-13-14-15-16-17-18-19-20-21-22-23-26(30)32-27(31)25(28)24-29/h25,29H,2-24,28H2,1H3/t25-/m0/s1. The number of hydrogen-bond donors (Lipinski definition) is 2. The molecule has 0 saturated carbocycles. The minimum atomic E-state index is -1.13. The van der Waals surface area contributed by atoms with Gasteiger partial charge in [-0.3, -0.25) is 4.79 Å². The molecule has 0 aliphatic heterocycles. The molecular weight excluding hydrogens is 402 g/mol. The van der Waals surface area contributed by atoms with Crippen LogP contribution in [-0.2, 0) is 14.3 Å². The zero-order valence-electron chi connectivity index (χ0n) is 21.1. The molecule has 0 bridgehead atoms. The van der Waals surface area contributed by atoms with Gasteiger partial charge in [-0.15, -0.1) is 0 Å². The van der Waals surface area contributed by atoms with Crippen molar-refractivity contribution in [2.75, 3.05) is 6.61 Å². The Labute approximate surface area is 198 Å². The summed E-state index contributed by atoms with van der Waals surface area (Å²) < 4.78 is 4.58. The average molecular weight is 456 g/mol. The van der Waals surface area contributed by atoms with Crippen molar-refractivity contribution in [1.29, 1.82) is 0 Å². The van der Waals surface area contributed by atoms with E-state index in [0.717, 1.165) is 19.3 Å². The van der Waals surface area contributed by atoms with Crippen molar-refractivity contribution in [2.24, 2.45) is 5.73 Å². The van der Waals surface area contributed by atoms with Gasteiger partial charge in [0.2, 0.25) is 0 Å². The van der Waals surface area contributed by atoms with E-state index in [1.54, 1.807) is 0 Å². The van der Waals surface area contributed by atoms with E-state index in [0.29, 0.717) is 0 Å². The minimum absolute atomic E-state index is 0.239. The Balaban J connectivity index is 3.18. The van der Waals surface area contributed by atoms with Crippen molar-refractivity contribution in [3.8, 4) is 0 Å². The van der Waals surface area contributed by atoms with Gasteiger partial charge in [-0.25, -0.2) is 4.79 Å². The zero-order chi connectivity index (χ0) is 23.7. The Hall–Kier alpha value is -0.940. The summed E-state index contributed by atoms with van der Waals surface area (Å²) in [5.41, 5.74) is 5.30. The van der Waals surface area contributed by atoms with E-state index in [4.69, 9.17) is 10.8 Å². The molecule has 0 spiro atoms. The van der Waals surface area contributed by atoms with Crippen molar-refractivity contribution < 1.29 is 19.4 Å². The maximum atomic E-state index is 11.5. The predicted molar refractivity (Wildman–Crippen MR) is 133 cm³/mol. The number of aliphatic hydroxyl groups is 1. The van der Waals surface area contributed by atoms with Crippen LogP contribution >= 0.6 is 0 Å². The Morgan fingerprint density at radius 1 is 0.625 bits per heavy atom. The van der Waals surface area contributed by atoms with Crippen LogP contribution in [0.1, 0.15) is 148 Å². The van der Waals surface area contributed by atoms with Gasteiger partial charge in [0, 0.05) is 6.42 Å². The number of carbonyl (C=O) groups is 2. The second-order valence-electron chi connectivity index (χ2n) is 9.40. The average Bonchev–Trinajstić information content (AvgIpc) is 2.79. The molecule has 0 aliphatic carbocycles. The smallest absolute Gasteiger partial charge is 0.332 e. The third kappa shape index (κ3) is 22.3. The fraction of sp³-hybridized carbons (Fsp3) is 0.926. The third-order valence-corrected chi connectivity index (χ3v) is 6.20. The van der Waals surface area contributed by atoms with E-state index in [1.807, 2.05) is 0 Å². The maximum absolute atomic E-state index is 11.5. The lowest BCUT2D eigenvalue weighted by molar-refractivity contribution is -0.161. The molecule has 3 N–H and O–H groups in total. The predicted octanol–water partition coefficient (Wildman–Crippen LogP) is 6.98. The number of nitrogens with two attached hydrogens (primary N) is 1. The molecule has 0 radical (unpaired) electrons. The first-order valence-electron chi connectivity index (χ1n) is 13.7. The zero-order valence-corrected chi connectivity index (χ0v) is 21.1. The molecule has 0 aromatic carbocycles. The molecule has 0 aliphatic rings. The summed E-state index contributed by atoms with van der Waals surface area (Å²) in [6.45, 7) is 1.77. The van der Waals surface area contributed by atoms with Gasteiger partial charge in [-0.1, -0.05) is 135 Å². The lowest BCUT2D eigenvalue weighted by Gasteiger charge is -2.07. The maximum Gasteiger partial charge on any atom is 0.332 e. The van der Waals surface area contributed by atoms with Gasteiger partial charge < -0.3 is 15.6 Å². The van der Waals surface area contributed by atoms with E-state index in [2.05, 4.69) is 11.7 Å². The van der Waals surface area contributed by atoms with Crippen LogP contribution in [0.3, 0.4) is 0 Å². The van der Waals surface area contributed by atoms with Gasteiger partial charge in [0.15, 0.2) is 0 Å². The van der Waals surface area contributed by atoms with E-state index in [1.165, 1.54) is 116 Å². The highest BCUT2D eigenvalue weighted by Gasteiger charge is 2.17. The van der Waals surface area contributed by atoms with E-state index < -0.39 is 24.6 Å². The number of ether oxygens (including phenoxy) is 1. The van der Waals surface area contributed by atoms with E-state index >= 15 is 0 Å². The summed E-state index contributed by atoms with van der Waals surface area (Å²) in [5, 5.41) is 8.74. The van der Waals surface area contributed by atoms with Gasteiger partial charge >= 0.3 is 11.9 Å². The van der Waals surface area contributed by atoms with Gasteiger partial charge in [0.05, 0.1) is 6.61 Å². The van der Waals surface area contributed by atoms with Crippen molar-refractivity contribution in [3.63, 3.8) is 0 Å². The van der Waals surface area contributed by atoms with Crippen LogP contribution in [0.4, 0.5) is 0 Å². The molecule has 32 heavy (non-hydrogen) atoms. The first kappa shape index (κ1) is 31.1. The number of rotatable bonds is 24. The van der Waals surface area contributed by atoms with Gasteiger partial charge in [0.1, 0.15) is 6.04 Å². The highest BCUT2D eigenvalue weighted by molar-refractivity contribution is 5.88. The first-order chi connectivity index (χ1) is 15.6. The largest absolute Gasteiger partial charge is 0.394 e. The number of hydrogen-bond acceptors (Lipinski definition) is 5. The van der Waals surface area contributed by atoms with Crippen molar-refractivity contribution in [1.82, 2.24) is 0 Å². The van der Waals surface area contributed by atoms with Crippen LogP contribution in [0.2, 0.25) is 0 Å². The number of aliphatic hydroxyl groups excluding tert-OH is 1. The molecule has 190 valence electrons. The first-order valence-corrected chi connectivity index (χ1v) is 13.7. The highest BCUT2D eigenvalue weighted by atomic mass is 16.6. The second-order valence-corrected chi connectivity index (χ2v) is 9.40. The quantitative estimate of drug-likeness (QED) is 0.0931. The third-order valence-electron chi connectivity index (χ3n) is 6.20. The van der Waals surface area contributed by atoms with Crippen molar-refractivity contribution in [2.45, 2.75) is 154 Å². The molecule has 0 aromatic rings. The number of esters is 2. The van der Waals surface area contributed by atoms with Gasteiger partial charge in [-0.2, -0.15) is 0 Å². The van der Waals surface area contributed by atoms with Crippen molar-refractivity contribution >= 4 is 11.9 Å². The topological polar surface area (TPSA) is 89.6 Å². The molecule has 5 nitrogen and oxygen atoms in total. The minimum Gasteiger partial charge on any atom is -0.394 e. The SMILES string of the molecule is CCCCCCCCCCCCCCCCCCCCCCCC(=O)OC(=O)[C@@H](N)CO. The molecule has 0 amide bonds. The lowest BCUT2D eigenvalue weighted by Crippen LogP contribution is -2.36. The summed E-state index contributed by atoms with van der Waals surface area (Å²) in [7, 11) is 0. The number of unbranched alkanes of at least 4 members (excludes halogenated alkanes) is 20.